The fraction of sp³-hybridized carbons (Fsp3) is 0.385. The van der Waals surface area contributed by atoms with Gasteiger partial charge >= 0.3 is 5.97 Å². The van der Waals surface area contributed by atoms with E-state index in [4.69, 9.17) is 9.84 Å². The minimum Gasteiger partial charge on any atom is -0.479 e. The summed E-state index contributed by atoms with van der Waals surface area (Å²) in [4.78, 5) is 24.4. The Morgan fingerprint density at radius 2 is 2.25 bits per heavy atom. The molecule has 1 fully saturated rings. The number of benzene rings is 1. The summed E-state index contributed by atoms with van der Waals surface area (Å²) in [5.74, 6) is -1.66. The summed E-state index contributed by atoms with van der Waals surface area (Å²) in [5.41, 5.74) is 0.668. The summed E-state index contributed by atoms with van der Waals surface area (Å²) in [5, 5.41) is 8.88. The van der Waals surface area contributed by atoms with Crippen LogP contribution in [0.1, 0.15) is 5.56 Å². The quantitative estimate of drug-likeness (QED) is 0.900. The van der Waals surface area contributed by atoms with Gasteiger partial charge in [0.15, 0.2) is 6.10 Å². The number of carboxylic acid groups (broad SMARTS) is 1. The summed E-state index contributed by atoms with van der Waals surface area (Å²) < 4.78 is 18.5. The lowest BCUT2D eigenvalue weighted by Crippen LogP contribution is -2.49. The zero-order chi connectivity index (χ0) is 14.7. The SMILES string of the molecule is O=C(O)[C@@H]1CN(C(=O)Cc2ccc(F)c(Br)c2)CCO1. The largest absolute Gasteiger partial charge is 0.479 e. The van der Waals surface area contributed by atoms with Crippen LogP contribution in [0, 0.1) is 5.82 Å². The lowest BCUT2D eigenvalue weighted by Gasteiger charge is -2.31. The molecule has 20 heavy (non-hydrogen) atoms. The van der Waals surface area contributed by atoms with E-state index in [0.29, 0.717) is 16.6 Å². The molecule has 1 aliphatic rings. The number of aliphatic carboxylic acids is 1. The van der Waals surface area contributed by atoms with Crippen molar-refractivity contribution in [2.45, 2.75) is 12.5 Å². The Morgan fingerprint density at radius 3 is 2.90 bits per heavy atom. The molecule has 1 aromatic rings. The van der Waals surface area contributed by atoms with E-state index in [1.165, 1.54) is 17.0 Å². The van der Waals surface area contributed by atoms with Crippen LogP contribution >= 0.6 is 15.9 Å². The fourth-order valence-corrected chi connectivity index (χ4v) is 2.39. The first-order valence-corrected chi connectivity index (χ1v) is 6.83. The molecule has 7 heteroatoms. The van der Waals surface area contributed by atoms with Gasteiger partial charge in [0.2, 0.25) is 5.91 Å². The smallest absolute Gasteiger partial charge is 0.334 e. The summed E-state index contributed by atoms with van der Waals surface area (Å²) in [6, 6.07) is 4.36. The summed E-state index contributed by atoms with van der Waals surface area (Å²) in [6.45, 7) is 0.608. The van der Waals surface area contributed by atoms with Gasteiger partial charge in [-0.05, 0) is 33.6 Å². The number of morpholine rings is 1. The average molecular weight is 346 g/mol. The van der Waals surface area contributed by atoms with E-state index in [9.17, 15) is 14.0 Å². The molecule has 1 saturated heterocycles. The molecule has 1 aromatic carbocycles. The molecule has 2 rings (SSSR count). The second kappa shape index (κ2) is 6.32. The van der Waals surface area contributed by atoms with Crippen molar-refractivity contribution in [2.75, 3.05) is 19.7 Å². The summed E-state index contributed by atoms with van der Waals surface area (Å²) in [6.07, 6.45) is -0.877. The normalized spacial score (nSPS) is 18.9. The van der Waals surface area contributed by atoms with Crippen molar-refractivity contribution in [3.05, 3.63) is 34.1 Å². The molecule has 1 N–H and O–H groups in total. The topological polar surface area (TPSA) is 66.8 Å². The molecule has 0 bridgehead atoms. The maximum absolute atomic E-state index is 13.1. The monoisotopic (exact) mass is 345 g/mol. The average Bonchev–Trinajstić information content (AvgIpc) is 2.43. The van der Waals surface area contributed by atoms with Crippen LogP contribution in [0.2, 0.25) is 0 Å². The number of carbonyl (C=O) groups excluding carboxylic acids is 1. The minimum atomic E-state index is -1.08. The van der Waals surface area contributed by atoms with Gasteiger partial charge in [0.25, 0.3) is 0 Å². The number of ether oxygens (including phenoxy) is 1. The minimum absolute atomic E-state index is 0.0382. The molecule has 1 heterocycles. The first kappa shape index (κ1) is 14.9. The van der Waals surface area contributed by atoms with E-state index >= 15 is 0 Å². The van der Waals surface area contributed by atoms with Crippen LogP contribution in [0.4, 0.5) is 4.39 Å². The lowest BCUT2D eigenvalue weighted by molar-refractivity contribution is -0.159. The van der Waals surface area contributed by atoms with Crippen molar-refractivity contribution in [2.24, 2.45) is 0 Å². The third-order valence-corrected chi connectivity index (χ3v) is 3.64. The second-order valence-corrected chi connectivity index (χ2v) is 5.32. The summed E-state index contributed by atoms with van der Waals surface area (Å²) in [7, 11) is 0. The maximum Gasteiger partial charge on any atom is 0.334 e. The molecule has 0 aliphatic carbocycles. The van der Waals surface area contributed by atoms with Gasteiger partial charge in [-0.15, -0.1) is 0 Å². The highest BCUT2D eigenvalue weighted by molar-refractivity contribution is 9.10. The van der Waals surface area contributed by atoms with Crippen molar-refractivity contribution < 1.29 is 23.8 Å². The second-order valence-electron chi connectivity index (χ2n) is 4.46. The molecule has 108 valence electrons. The molecular weight excluding hydrogens is 333 g/mol. The molecule has 1 atom stereocenters. The Bertz CT molecular complexity index is 537. The van der Waals surface area contributed by atoms with Crippen LogP contribution in [0.5, 0.6) is 0 Å². The number of carbonyl (C=O) groups is 2. The zero-order valence-electron chi connectivity index (χ0n) is 10.5. The molecule has 0 unspecified atom stereocenters. The first-order chi connectivity index (χ1) is 9.47. The highest BCUT2D eigenvalue weighted by Crippen LogP contribution is 2.18. The standard InChI is InChI=1S/C13H13BrFNO4/c14-9-5-8(1-2-10(9)15)6-12(17)16-3-4-20-11(7-16)13(18)19/h1-2,5,11H,3-4,6-7H2,(H,18,19)/t11-/m0/s1. The van der Waals surface area contributed by atoms with Gasteiger partial charge in [-0.1, -0.05) is 6.07 Å². The Kier molecular flexibility index (Phi) is 4.72. The van der Waals surface area contributed by atoms with Gasteiger partial charge in [0.1, 0.15) is 5.82 Å². The van der Waals surface area contributed by atoms with Crippen molar-refractivity contribution in [1.29, 1.82) is 0 Å². The number of hydrogen-bond acceptors (Lipinski definition) is 3. The van der Waals surface area contributed by atoms with Gasteiger partial charge in [-0.3, -0.25) is 4.79 Å². The van der Waals surface area contributed by atoms with Gasteiger partial charge < -0.3 is 14.7 Å². The number of amides is 1. The maximum atomic E-state index is 13.1. The van der Waals surface area contributed by atoms with Crippen LogP contribution in [-0.4, -0.2) is 47.7 Å². The summed E-state index contributed by atoms with van der Waals surface area (Å²) >= 11 is 3.06. The molecule has 0 spiro atoms. The number of hydrogen-bond donors (Lipinski definition) is 1. The van der Waals surface area contributed by atoms with E-state index in [-0.39, 0.29) is 25.5 Å². The third kappa shape index (κ3) is 3.55. The van der Waals surface area contributed by atoms with Crippen LogP contribution < -0.4 is 0 Å². The Labute approximate surface area is 123 Å². The predicted molar refractivity (Wildman–Crippen MR) is 71.8 cm³/mol. The van der Waals surface area contributed by atoms with E-state index < -0.39 is 17.9 Å². The molecule has 0 saturated carbocycles. The van der Waals surface area contributed by atoms with E-state index in [1.807, 2.05) is 0 Å². The Hall–Kier alpha value is -1.47. The molecule has 1 amide bonds. The zero-order valence-corrected chi connectivity index (χ0v) is 12.1. The van der Waals surface area contributed by atoms with Crippen LogP contribution in [0.3, 0.4) is 0 Å². The molecular formula is C13H13BrFNO4. The van der Waals surface area contributed by atoms with Gasteiger partial charge in [-0.2, -0.15) is 0 Å². The number of halogens is 2. The van der Waals surface area contributed by atoms with Crippen molar-refractivity contribution >= 4 is 27.8 Å². The van der Waals surface area contributed by atoms with E-state index in [1.54, 1.807) is 6.07 Å². The predicted octanol–water partition coefficient (Wildman–Crippen LogP) is 1.44. The highest BCUT2D eigenvalue weighted by atomic mass is 79.9. The highest BCUT2D eigenvalue weighted by Gasteiger charge is 2.28. The molecule has 0 radical (unpaired) electrons. The molecule has 0 aromatic heterocycles. The third-order valence-electron chi connectivity index (χ3n) is 3.03. The fourth-order valence-electron chi connectivity index (χ4n) is 1.96. The van der Waals surface area contributed by atoms with Crippen molar-refractivity contribution in [3.8, 4) is 0 Å². The number of nitrogens with zero attached hydrogens (tertiary/aromatic N) is 1. The van der Waals surface area contributed by atoms with Gasteiger partial charge in [0, 0.05) is 6.54 Å². The van der Waals surface area contributed by atoms with Gasteiger partial charge in [0.05, 0.1) is 24.0 Å². The van der Waals surface area contributed by atoms with E-state index in [0.717, 1.165) is 0 Å². The number of carboxylic acids is 1. The number of rotatable bonds is 3. The van der Waals surface area contributed by atoms with Gasteiger partial charge in [-0.25, -0.2) is 9.18 Å². The molecule has 5 nitrogen and oxygen atoms in total. The molecule has 1 aliphatic heterocycles. The first-order valence-electron chi connectivity index (χ1n) is 6.03. The lowest BCUT2D eigenvalue weighted by atomic mass is 10.1. The van der Waals surface area contributed by atoms with E-state index in [2.05, 4.69) is 15.9 Å². The Morgan fingerprint density at radius 1 is 1.50 bits per heavy atom. The van der Waals surface area contributed by atoms with Crippen LogP contribution in [-0.2, 0) is 20.7 Å². The van der Waals surface area contributed by atoms with Crippen LogP contribution in [0.15, 0.2) is 22.7 Å². The Balaban J connectivity index is 2.00. The van der Waals surface area contributed by atoms with Crippen molar-refractivity contribution in [3.63, 3.8) is 0 Å². The van der Waals surface area contributed by atoms with Crippen LogP contribution in [0.25, 0.3) is 0 Å². The van der Waals surface area contributed by atoms with Crippen molar-refractivity contribution in [1.82, 2.24) is 4.90 Å².